The minimum Gasteiger partial charge on any atom is -0.307 e. The largest absolute Gasteiger partial charge is 0.307 e. The molecule has 2 heterocycles. The second kappa shape index (κ2) is 7.41. The van der Waals surface area contributed by atoms with E-state index in [9.17, 15) is 14.0 Å². The van der Waals surface area contributed by atoms with Crippen molar-refractivity contribution in [2.24, 2.45) is 0 Å². The summed E-state index contributed by atoms with van der Waals surface area (Å²) in [5, 5.41) is 4.14. The molecule has 1 aliphatic heterocycles. The van der Waals surface area contributed by atoms with Crippen molar-refractivity contribution >= 4 is 39.4 Å². The topological polar surface area (TPSA) is 90.1 Å². The van der Waals surface area contributed by atoms with E-state index >= 15 is 0 Å². The first-order chi connectivity index (χ1) is 12.7. The molecular formula is C17H16BrClFN5O2. The van der Waals surface area contributed by atoms with Gasteiger partial charge in [-0.15, -0.1) is 0 Å². The van der Waals surface area contributed by atoms with E-state index in [1.165, 1.54) is 17.1 Å². The van der Waals surface area contributed by atoms with Gasteiger partial charge in [-0.3, -0.25) is 14.6 Å². The Balaban J connectivity index is 1.95. The van der Waals surface area contributed by atoms with Crippen LogP contribution in [0.1, 0.15) is 29.9 Å². The van der Waals surface area contributed by atoms with E-state index in [0.29, 0.717) is 16.0 Å². The van der Waals surface area contributed by atoms with Gasteiger partial charge in [0.2, 0.25) is 5.95 Å². The number of H-pyrrole nitrogens is 1. The minimum atomic E-state index is -0.603. The van der Waals surface area contributed by atoms with E-state index in [2.05, 4.69) is 36.6 Å². The molecule has 0 aliphatic carbocycles. The van der Waals surface area contributed by atoms with Crippen LogP contribution >= 0.6 is 27.5 Å². The maximum atomic E-state index is 13.3. The highest BCUT2D eigenvalue weighted by Crippen LogP contribution is 2.24. The van der Waals surface area contributed by atoms with E-state index < -0.39 is 11.7 Å². The number of carbonyl (C=O) groups excluding carboxylic acids is 1. The lowest BCUT2D eigenvalue weighted by Crippen LogP contribution is -2.42. The summed E-state index contributed by atoms with van der Waals surface area (Å²) in [5.74, 6) is -0.411. The molecule has 2 aromatic rings. The zero-order chi connectivity index (χ0) is 19.9. The fraction of sp³-hybridized carbons (Fsp3) is 0.235. The van der Waals surface area contributed by atoms with Gasteiger partial charge in [-0.2, -0.15) is 0 Å². The van der Waals surface area contributed by atoms with Crippen LogP contribution in [-0.4, -0.2) is 21.9 Å². The van der Waals surface area contributed by atoms with Gasteiger partial charge in [0.25, 0.3) is 11.5 Å². The average molecular weight is 457 g/mol. The van der Waals surface area contributed by atoms with Gasteiger partial charge in [-0.05, 0) is 60.5 Å². The van der Waals surface area contributed by atoms with Gasteiger partial charge >= 0.3 is 0 Å². The maximum Gasteiger partial charge on any atom is 0.266 e. The Bertz CT molecular complexity index is 1020. The van der Waals surface area contributed by atoms with Crippen LogP contribution in [0.2, 0.25) is 5.02 Å². The summed E-state index contributed by atoms with van der Waals surface area (Å²) in [7, 11) is 0. The SMILES string of the molecule is CC1=C(NC(=O)c2ccc(F)c(Cl)c2)N(c2nc(C)c(Br)c(=O)[nH]2)NC1C. The first-order valence-corrected chi connectivity index (χ1v) is 9.16. The van der Waals surface area contributed by atoms with Gasteiger partial charge in [0.05, 0.1) is 10.7 Å². The third kappa shape index (κ3) is 3.76. The first-order valence-electron chi connectivity index (χ1n) is 7.99. The second-order valence-electron chi connectivity index (χ2n) is 6.09. The highest BCUT2D eigenvalue weighted by Gasteiger charge is 2.30. The molecule has 27 heavy (non-hydrogen) atoms. The van der Waals surface area contributed by atoms with Crippen LogP contribution in [0.3, 0.4) is 0 Å². The predicted molar refractivity (Wildman–Crippen MR) is 104 cm³/mol. The number of benzene rings is 1. The molecule has 10 heteroatoms. The van der Waals surface area contributed by atoms with Gasteiger partial charge in [0.15, 0.2) is 0 Å². The van der Waals surface area contributed by atoms with Gasteiger partial charge in [-0.25, -0.2) is 19.8 Å². The molecule has 1 unspecified atom stereocenters. The van der Waals surface area contributed by atoms with E-state index in [1.54, 1.807) is 6.92 Å². The quantitative estimate of drug-likeness (QED) is 0.661. The van der Waals surface area contributed by atoms with Crippen molar-refractivity contribution in [3.05, 3.63) is 66.5 Å². The summed E-state index contributed by atoms with van der Waals surface area (Å²) in [4.78, 5) is 31.6. The molecule has 0 spiro atoms. The van der Waals surface area contributed by atoms with Gasteiger partial charge < -0.3 is 5.32 Å². The van der Waals surface area contributed by atoms with Crippen LogP contribution in [0.4, 0.5) is 10.3 Å². The van der Waals surface area contributed by atoms with Crippen molar-refractivity contribution in [1.29, 1.82) is 0 Å². The number of carbonyl (C=O) groups is 1. The Morgan fingerprint density at radius 2 is 2.11 bits per heavy atom. The number of anilines is 1. The number of aromatic amines is 1. The molecule has 0 fully saturated rings. The fourth-order valence-electron chi connectivity index (χ4n) is 2.54. The lowest BCUT2D eigenvalue weighted by atomic mass is 10.1. The number of hydrazine groups is 1. The molecule has 0 saturated carbocycles. The molecule has 1 atom stereocenters. The van der Waals surface area contributed by atoms with Crippen molar-refractivity contribution in [2.45, 2.75) is 26.8 Å². The molecule has 1 aromatic heterocycles. The molecule has 3 rings (SSSR count). The third-order valence-corrected chi connectivity index (χ3v) is 5.43. The lowest BCUT2D eigenvalue weighted by molar-refractivity contribution is 0.0964. The summed E-state index contributed by atoms with van der Waals surface area (Å²) in [5.41, 5.74) is 4.33. The number of nitrogens with zero attached hydrogens (tertiary/aromatic N) is 2. The number of hydrogen-bond acceptors (Lipinski definition) is 5. The number of amides is 1. The molecule has 1 aromatic carbocycles. The first kappa shape index (κ1) is 19.5. The number of aromatic nitrogens is 2. The highest BCUT2D eigenvalue weighted by atomic mass is 79.9. The zero-order valence-electron chi connectivity index (χ0n) is 14.7. The van der Waals surface area contributed by atoms with Crippen molar-refractivity contribution in [3.8, 4) is 0 Å². The second-order valence-corrected chi connectivity index (χ2v) is 7.29. The zero-order valence-corrected chi connectivity index (χ0v) is 17.0. The number of nitrogens with one attached hydrogen (secondary N) is 3. The van der Waals surface area contributed by atoms with Crippen LogP contribution < -0.4 is 21.3 Å². The van der Waals surface area contributed by atoms with Crippen molar-refractivity contribution in [1.82, 2.24) is 20.7 Å². The summed E-state index contributed by atoms with van der Waals surface area (Å²) in [6.07, 6.45) is 0. The smallest absolute Gasteiger partial charge is 0.266 e. The summed E-state index contributed by atoms with van der Waals surface area (Å²) >= 11 is 8.93. The Kier molecular flexibility index (Phi) is 5.36. The molecule has 0 saturated heterocycles. The number of hydrogen-bond donors (Lipinski definition) is 3. The van der Waals surface area contributed by atoms with Crippen LogP contribution in [0.5, 0.6) is 0 Å². The number of aryl methyl sites for hydroxylation is 1. The highest BCUT2D eigenvalue weighted by molar-refractivity contribution is 9.10. The monoisotopic (exact) mass is 455 g/mol. The number of halogens is 3. The van der Waals surface area contributed by atoms with Crippen LogP contribution in [-0.2, 0) is 0 Å². The van der Waals surface area contributed by atoms with Crippen molar-refractivity contribution < 1.29 is 9.18 Å². The predicted octanol–water partition coefficient (Wildman–Crippen LogP) is 3.01. The minimum absolute atomic E-state index is 0.105. The normalized spacial score (nSPS) is 16.8. The van der Waals surface area contributed by atoms with Crippen molar-refractivity contribution in [2.75, 3.05) is 5.01 Å². The van der Waals surface area contributed by atoms with E-state index in [0.717, 1.165) is 11.6 Å². The molecule has 1 aliphatic rings. The summed E-state index contributed by atoms with van der Waals surface area (Å²) < 4.78 is 13.7. The molecular weight excluding hydrogens is 441 g/mol. The third-order valence-electron chi connectivity index (χ3n) is 4.21. The summed E-state index contributed by atoms with van der Waals surface area (Å²) in [6.45, 7) is 5.44. The van der Waals surface area contributed by atoms with Crippen LogP contribution in [0.25, 0.3) is 0 Å². The van der Waals surface area contributed by atoms with Crippen LogP contribution in [0, 0.1) is 12.7 Å². The van der Waals surface area contributed by atoms with Gasteiger partial charge in [-0.1, -0.05) is 11.6 Å². The van der Waals surface area contributed by atoms with Gasteiger partial charge in [0.1, 0.15) is 16.1 Å². The van der Waals surface area contributed by atoms with E-state index in [4.69, 9.17) is 11.6 Å². The Hall–Kier alpha value is -2.23. The standard InChI is InChI=1S/C17H16BrClFN5O2/c1-7-8(2)24-25(17-21-9(3)13(18)16(27)23-17)14(7)22-15(26)10-4-5-12(20)11(19)6-10/h4-6,8,24H,1-3H3,(H,22,26)(H,21,23,27). The lowest BCUT2D eigenvalue weighted by Gasteiger charge is -2.22. The maximum absolute atomic E-state index is 13.3. The van der Waals surface area contributed by atoms with E-state index in [1.807, 2.05) is 13.8 Å². The molecule has 0 radical (unpaired) electrons. The molecule has 1 amide bonds. The van der Waals surface area contributed by atoms with Gasteiger partial charge in [0, 0.05) is 11.6 Å². The molecule has 3 N–H and O–H groups in total. The average Bonchev–Trinajstić information content (AvgIpc) is 2.90. The van der Waals surface area contributed by atoms with Crippen LogP contribution in [0.15, 0.2) is 38.9 Å². The molecule has 142 valence electrons. The number of rotatable bonds is 3. The molecule has 7 nitrogen and oxygen atoms in total. The van der Waals surface area contributed by atoms with E-state index in [-0.39, 0.29) is 28.1 Å². The fourth-order valence-corrected chi connectivity index (χ4v) is 2.91. The Labute approximate surface area is 167 Å². The van der Waals surface area contributed by atoms with Crippen molar-refractivity contribution in [3.63, 3.8) is 0 Å². The Morgan fingerprint density at radius 1 is 1.41 bits per heavy atom. The Morgan fingerprint density at radius 3 is 2.74 bits per heavy atom. The molecule has 0 bridgehead atoms. The summed E-state index contributed by atoms with van der Waals surface area (Å²) in [6, 6.07) is 3.61.